The lowest BCUT2D eigenvalue weighted by Gasteiger charge is -2.25. The highest BCUT2D eigenvalue weighted by Gasteiger charge is 2.21. The third-order valence-corrected chi connectivity index (χ3v) is 2.84. The van der Waals surface area contributed by atoms with Gasteiger partial charge < -0.3 is 24.8 Å². The number of anilines is 1. The fraction of sp³-hybridized carbons (Fsp3) is 0.429. The average Bonchev–Trinajstić information content (AvgIpc) is 2.43. The van der Waals surface area contributed by atoms with E-state index in [0.29, 0.717) is 17.2 Å². The molecule has 0 saturated heterocycles. The lowest BCUT2D eigenvalue weighted by Crippen LogP contribution is -2.43. The largest absolute Gasteiger partial charge is 0.497 e. The fourth-order valence-corrected chi connectivity index (χ4v) is 1.73. The first-order valence-electron chi connectivity index (χ1n) is 6.40. The Kier molecular flexibility index (Phi) is 5.83. The van der Waals surface area contributed by atoms with Crippen LogP contribution >= 0.6 is 0 Å². The number of rotatable bonds is 6. The molecule has 2 amide bonds. The molecule has 0 heterocycles. The predicted molar refractivity (Wildman–Crippen MR) is 78.0 cm³/mol. The van der Waals surface area contributed by atoms with E-state index < -0.39 is 12.0 Å². The zero-order valence-electron chi connectivity index (χ0n) is 12.5. The van der Waals surface area contributed by atoms with E-state index in [2.05, 4.69) is 5.32 Å². The number of hydrogen-bond acceptors (Lipinski definition) is 4. The molecule has 0 aliphatic heterocycles. The molecule has 0 bridgehead atoms. The molecule has 0 aromatic heterocycles. The third kappa shape index (κ3) is 4.55. The number of urea groups is 1. The summed E-state index contributed by atoms with van der Waals surface area (Å²) in [6.45, 7) is 3.10. The molecule has 116 valence electrons. The summed E-state index contributed by atoms with van der Waals surface area (Å²) in [6, 6.07) is 4.20. The van der Waals surface area contributed by atoms with Gasteiger partial charge in [0.2, 0.25) is 0 Å². The number of hydrogen-bond donors (Lipinski definition) is 2. The minimum Gasteiger partial charge on any atom is -0.497 e. The van der Waals surface area contributed by atoms with Crippen LogP contribution in [0.3, 0.4) is 0 Å². The maximum atomic E-state index is 12.2. The van der Waals surface area contributed by atoms with Crippen molar-refractivity contribution < 1.29 is 24.2 Å². The van der Waals surface area contributed by atoms with E-state index in [4.69, 9.17) is 14.6 Å². The number of carboxylic acids is 1. The van der Waals surface area contributed by atoms with Crippen molar-refractivity contribution in [3.05, 3.63) is 18.2 Å². The number of aliphatic carboxylic acids is 1. The van der Waals surface area contributed by atoms with Crippen LogP contribution < -0.4 is 14.8 Å². The van der Waals surface area contributed by atoms with E-state index in [9.17, 15) is 9.59 Å². The van der Waals surface area contributed by atoms with Gasteiger partial charge in [-0.25, -0.2) is 4.79 Å². The lowest BCUT2D eigenvalue weighted by molar-refractivity contribution is -0.137. The van der Waals surface area contributed by atoms with Crippen molar-refractivity contribution in [2.24, 2.45) is 0 Å². The van der Waals surface area contributed by atoms with E-state index >= 15 is 0 Å². The zero-order valence-corrected chi connectivity index (χ0v) is 12.5. The third-order valence-electron chi connectivity index (χ3n) is 2.84. The van der Waals surface area contributed by atoms with Crippen LogP contribution in [0.4, 0.5) is 10.5 Å². The van der Waals surface area contributed by atoms with Crippen LogP contribution in [0.15, 0.2) is 18.2 Å². The average molecular weight is 296 g/mol. The van der Waals surface area contributed by atoms with Crippen molar-refractivity contribution in [1.29, 1.82) is 0 Å². The van der Waals surface area contributed by atoms with Gasteiger partial charge in [-0.2, -0.15) is 0 Å². The molecule has 7 nitrogen and oxygen atoms in total. The van der Waals surface area contributed by atoms with Gasteiger partial charge in [-0.3, -0.25) is 4.79 Å². The molecular weight excluding hydrogens is 276 g/mol. The summed E-state index contributed by atoms with van der Waals surface area (Å²) in [6.07, 6.45) is 0. The van der Waals surface area contributed by atoms with Crippen LogP contribution in [-0.2, 0) is 4.79 Å². The van der Waals surface area contributed by atoms with Crippen LogP contribution in [-0.4, -0.2) is 48.8 Å². The van der Waals surface area contributed by atoms with E-state index in [-0.39, 0.29) is 12.6 Å². The molecule has 0 spiro atoms. The Morgan fingerprint density at radius 3 is 2.43 bits per heavy atom. The summed E-state index contributed by atoms with van der Waals surface area (Å²) in [7, 11) is 2.99. The van der Waals surface area contributed by atoms with Crippen LogP contribution in [0, 0.1) is 0 Å². The predicted octanol–water partition coefficient (Wildman–Crippen LogP) is 2.03. The van der Waals surface area contributed by atoms with Crippen molar-refractivity contribution in [3.63, 3.8) is 0 Å². The Bertz CT molecular complexity index is 516. The summed E-state index contributed by atoms with van der Waals surface area (Å²) in [4.78, 5) is 24.3. The van der Waals surface area contributed by atoms with Crippen molar-refractivity contribution in [1.82, 2.24) is 4.90 Å². The Hall–Kier alpha value is -2.44. The fourth-order valence-electron chi connectivity index (χ4n) is 1.73. The molecule has 0 saturated carbocycles. The Labute approximate surface area is 123 Å². The molecular formula is C14H20N2O5. The van der Waals surface area contributed by atoms with Crippen molar-refractivity contribution >= 4 is 17.7 Å². The van der Waals surface area contributed by atoms with E-state index in [1.54, 1.807) is 32.0 Å². The van der Waals surface area contributed by atoms with Gasteiger partial charge in [-0.15, -0.1) is 0 Å². The number of nitrogens with zero attached hydrogens (tertiary/aromatic N) is 1. The molecule has 0 aliphatic carbocycles. The van der Waals surface area contributed by atoms with Crippen LogP contribution in [0.1, 0.15) is 13.8 Å². The first-order chi connectivity index (χ1) is 9.88. The number of ether oxygens (including phenoxy) is 2. The van der Waals surface area contributed by atoms with Gasteiger partial charge in [0, 0.05) is 12.1 Å². The van der Waals surface area contributed by atoms with Gasteiger partial charge in [0.25, 0.3) is 0 Å². The maximum absolute atomic E-state index is 12.2. The second kappa shape index (κ2) is 7.37. The number of methoxy groups -OCH3 is 2. The lowest BCUT2D eigenvalue weighted by atomic mass is 10.2. The molecule has 0 fully saturated rings. The van der Waals surface area contributed by atoms with Crippen molar-refractivity contribution in [2.75, 3.05) is 26.1 Å². The van der Waals surface area contributed by atoms with Crippen LogP contribution in [0.25, 0.3) is 0 Å². The number of carboxylic acid groups (broad SMARTS) is 1. The molecule has 0 radical (unpaired) electrons. The minimum absolute atomic E-state index is 0.252. The summed E-state index contributed by atoms with van der Waals surface area (Å²) in [5.41, 5.74) is 0.415. The molecule has 1 aromatic carbocycles. The highest BCUT2D eigenvalue weighted by Crippen LogP contribution is 2.29. The molecule has 21 heavy (non-hydrogen) atoms. The van der Waals surface area contributed by atoms with Gasteiger partial charge in [0.15, 0.2) is 0 Å². The Morgan fingerprint density at radius 2 is 1.95 bits per heavy atom. The number of nitrogens with one attached hydrogen (secondary N) is 1. The molecule has 0 aliphatic rings. The summed E-state index contributed by atoms with van der Waals surface area (Å²) >= 11 is 0. The zero-order chi connectivity index (χ0) is 16.0. The number of carbonyl (C=O) groups is 2. The van der Waals surface area contributed by atoms with Crippen LogP contribution in [0.2, 0.25) is 0 Å². The monoisotopic (exact) mass is 296 g/mol. The topological polar surface area (TPSA) is 88.1 Å². The van der Waals surface area contributed by atoms with Gasteiger partial charge in [-0.05, 0) is 26.0 Å². The van der Waals surface area contributed by atoms with Crippen molar-refractivity contribution in [2.45, 2.75) is 19.9 Å². The SMILES string of the molecule is COc1ccc(OC)c(NC(=O)N(CC(=O)O)C(C)C)c1. The summed E-state index contributed by atoms with van der Waals surface area (Å²) in [5.74, 6) is -0.0555. The van der Waals surface area contributed by atoms with Gasteiger partial charge in [-0.1, -0.05) is 0 Å². The van der Waals surface area contributed by atoms with Gasteiger partial charge >= 0.3 is 12.0 Å². The highest BCUT2D eigenvalue weighted by molar-refractivity contribution is 5.93. The normalized spacial score (nSPS) is 10.1. The van der Waals surface area contributed by atoms with Crippen molar-refractivity contribution in [3.8, 4) is 11.5 Å². The number of amides is 2. The smallest absolute Gasteiger partial charge is 0.323 e. The first kappa shape index (κ1) is 16.6. The highest BCUT2D eigenvalue weighted by atomic mass is 16.5. The maximum Gasteiger partial charge on any atom is 0.323 e. The molecule has 1 aromatic rings. The molecule has 0 unspecified atom stereocenters. The Morgan fingerprint density at radius 1 is 1.29 bits per heavy atom. The second-order valence-electron chi connectivity index (χ2n) is 4.61. The van der Waals surface area contributed by atoms with E-state index in [1.807, 2.05) is 0 Å². The van der Waals surface area contributed by atoms with E-state index in [0.717, 1.165) is 0 Å². The van der Waals surface area contributed by atoms with E-state index in [1.165, 1.54) is 19.1 Å². The molecule has 7 heteroatoms. The van der Waals surface area contributed by atoms with Crippen LogP contribution in [0.5, 0.6) is 11.5 Å². The first-order valence-corrected chi connectivity index (χ1v) is 6.40. The number of carbonyl (C=O) groups excluding carboxylic acids is 1. The van der Waals surface area contributed by atoms with Gasteiger partial charge in [0.05, 0.1) is 19.9 Å². The Balaban J connectivity index is 2.96. The summed E-state index contributed by atoms with van der Waals surface area (Å²) < 4.78 is 10.3. The summed E-state index contributed by atoms with van der Waals surface area (Å²) in [5, 5.41) is 11.5. The second-order valence-corrected chi connectivity index (χ2v) is 4.61. The quantitative estimate of drug-likeness (QED) is 0.838. The molecule has 2 N–H and O–H groups in total. The molecule has 1 rings (SSSR count). The molecule has 0 atom stereocenters. The van der Waals surface area contributed by atoms with Gasteiger partial charge in [0.1, 0.15) is 18.0 Å². The standard InChI is InChI=1S/C14H20N2O5/c1-9(2)16(8-13(17)18)14(19)15-11-7-10(20-3)5-6-12(11)21-4/h5-7,9H,8H2,1-4H3,(H,15,19)(H,17,18). The number of benzene rings is 1. The minimum atomic E-state index is -1.07.